The molecule has 1 heterocycles. The maximum absolute atomic E-state index is 13.1. The Morgan fingerprint density at radius 2 is 1.95 bits per heavy atom. The molecule has 3 atom stereocenters. The number of hydrogen-bond donors (Lipinski definition) is 1. The largest absolute Gasteiger partial charge is 0.318 e. The average Bonchev–Trinajstić information content (AvgIpc) is 2.93. The SMILES string of the molecule is CCCC1NC(c2ccc(F)cc2)N(C2CC2(C)C)C1=O. The first-order valence-electron chi connectivity index (χ1n) is 7.78. The highest BCUT2D eigenvalue weighted by Gasteiger charge is 2.56. The van der Waals surface area contributed by atoms with Gasteiger partial charge in [-0.3, -0.25) is 10.1 Å². The van der Waals surface area contributed by atoms with Crippen LogP contribution < -0.4 is 5.32 Å². The zero-order valence-corrected chi connectivity index (χ0v) is 12.9. The number of halogens is 1. The smallest absolute Gasteiger partial charge is 0.241 e. The zero-order valence-electron chi connectivity index (χ0n) is 12.9. The molecule has 0 bridgehead atoms. The summed E-state index contributed by atoms with van der Waals surface area (Å²) in [5, 5.41) is 3.44. The molecule has 1 amide bonds. The number of amides is 1. The Morgan fingerprint density at radius 3 is 2.48 bits per heavy atom. The van der Waals surface area contributed by atoms with Crippen molar-refractivity contribution >= 4 is 5.91 Å². The lowest BCUT2D eigenvalue weighted by molar-refractivity contribution is -0.131. The number of hydrogen-bond acceptors (Lipinski definition) is 2. The van der Waals surface area contributed by atoms with Crippen LogP contribution in [-0.2, 0) is 4.79 Å². The Morgan fingerprint density at radius 1 is 1.33 bits per heavy atom. The summed E-state index contributed by atoms with van der Waals surface area (Å²) in [5.41, 5.74) is 1.16. The van der Waals surface area contributed by atoms with Gasteiger partial charge in [0.15, 0.2) is 0 Å². The lowest BCUT2D eigenvalue weighted by atomic mass is 10.1. The van der Waals surface area contributed by atoms with Crippen LogP contribution >= 0.6 is 0 Å². The van der Waals surface area contributed by atoms with Crippen molar-refractivity contribution in [3.05, 3.63) is 35.6 Å². The van der Waals surface area contributed by atoms with Gasteiger partial charge in [-0.05, 0) is 36.0 Å². The van der Waals surface area contributed by atoms with Crippen LogP contribution in [0.3, 0.4) is 0 Å². The van der Waals surface area contributed by atoms with E-state index in [1.165, 1.54) is 12.1 Å². The molecule has 1 aliphatic carbocycles. The van der Waals surface area contributed by atoms with Crippen molar-refractivity contribution in [2.24, 2.45) is 5.41 Å². The third-order valence-electron chi connectivity index (χ3n) is 4.75. The molecule has 2 aliphatic rings. The quantitative estimate of drug-likeness (QED) is 0.923. The number of nitrogens with zero attached hydrogens (tertiary/aromatic N) is 1. The molecule has 1 saturated carbocycles. The molecule has 0 radical (unpaired) electrons. The topological polar surface area (TPSA) is 32.3 Å². The van der Waals surface area contributed by atoms with E-state index < -0.39 is 0 Å². The van der Waals surface area contributed by atoms with Crippen LogP contribution in [-0.4, -0.2) is 22.9 Å². The van der Waals surface area contributed by atoms with Crippen molar-refractivity contribution in [3.8, 4) is 0 Å². The summed E-state index contributed by atoms with van der Waals surface area (Å²) < 4.78 is 13.1. The Bertz CT molecular complexity index is 540. The van der Waals surface area contributed by atoms with E-state index in [0.717, 1.165) is 24.8 Å². The predicted molar refractivity (Wildman–Crippen MR) is 80.0 cm³/mol. The van der Waals surface area contributed by atoms with E-state index in [4.69, 9.17) is 0 Å². The monoisotopic (exact) mass is 290 g/mol. The van der Waals surface area contributed by atoms with Crippen LogP contribution in [0.15, 0.2) is 24.3 Å². The van der Waals surface area contributed by atoms with Crippen LogP contribution in [0.1, 0.15) is 51.8 Å². The van der Waals surface area contributed by atoms with E-state index in [9.17, 15) is 9.18 Å². The second kappa shape index (κ2) is 5.09. The van der Waals surface area contributed by atoms with Gasteiger partial charge in [-0.25, -0.2) is 4.39 Å². The Kier molecular flexibility index (Phi) is 3.52. The van der Waals surface area contributed by atoms with Gasteiger partial charge in [-0.2, -0.15) is 0 Å². The van der Waals surface area contributed by atoms with Crippen LogP contribution in [0, 0.1) is 11.2 Å². The second-order valence-electron chi connectivity index (χ2n) is 6.92. The minimum Gasteiger partial charge on any atom is -0.318 e. The van der Waals surface area contributed by atoms with E-state index in [-0.39, 0.29) is 35.4 Å². The molecular weight excluding hydrogens is 267 g/mol. The van der Waals surface area contributed by atoms with Crippen molar-refractivity contribution in [2.45, 2.75) is 58.3 Å². The standard InChI is InChI=1S/C17H23FN2O/c1-4-5-13-16(21)20(14-10-17(14,2)3)15(19-13)11-6-8-12(18)9-7-11/h6-9,13-15,19H,4-5,10H2,1-3H3. The first kappa shape index (κ1) is 14.5. The average molecular weight is 290 g/mol. The number of carbonyl (C=O) groups excluding carboxylic acids is 1. The molecule has 114 valence electrons. The molecular formula is C17H23FN2O. The first-order chi connectivity index (χ1) is 9.94. The Balaban J connectivity index is 1.89. The molecule has 0 spiro atoms. The summed E-state index contributed by atoms with van der Waals surface area (Å²) in [4.78, 5) is 14.7. The van der Waals surface area contributed by atoms with Gasteiger partial charge >= 0.3 is 0 Å². The highest BCUT2D eigenvalue weighted by atomic mass is 19.1. The van der Waals surface area contributed by atoms with Gasteiger partial charge in [0.1, 0.15) is 12.0 Å². The van der Waals surface area contributed by atoms with E-state index in [2.05, 4.69) is 26.1 Å². The molecule has 21 heavy (non-hydrogen) atoms. The lowest BCUT2D eigenvalue weighted by Gasteiger charge is -2.26. The Hall–Kier alpha value is -1.42. The highest BCUT2D eigenvalue weighted by Crippen LogP contribution is 2.52. The van der Waals surface area contributed by atoms with Crippen LogP contribution in [0.25, 0.3) is 0 Å². The summed E-state index contributed by atoms with van der Waals surface area (Å²) in [7, 11) is 0. The van der Waals surface area contributed by atoms with Crippen molar-refractivity contribution in [3.63, 3.8) is 0 Å². The zero-order chi connectivity index (χ0) is 15.2. The number of rotatable bonds is 4. The molecule has 3 unspecified atom stereocenters. The van der Waals surface area contributed by atoms with Gasteiger partial charge in [0.2, 0.25) is 5.91 Å². The lowest BCUT2D eigenvalue weighted by Crippen LogP contribution is -2.35. The molecule has 1 aromatic carbocycles. The molecule has 4 heteroatoms. The minimum atomic E-state index is -0.244. The van der Waals surface area contributed by atoms with Crippen molar-refractivity contribution < 1.29 is 9.18 Å². The first-order valence-corrected chi connectivity index (χ1v) is 7.78. The third kappa shape index (κ3) is 2.57. The van der Waals surface area contributed by atoms with Gasteiger partial charge in [-0.1, -0.05) is 39.3 Å². The van der Waals surface area contributed by atoms with E-state index in [1.807, 2.05) is 4.90 Å². The normalized spacial score (nSPS) is 30.8. The molecule has 1 aromatic rings. The van der Waals surface area contributed by atoms with Crippen molar-refractivity contribution in [1.82, 2.24) is 10.2 Å². The minimum absolute atomic E-state index is 0.110. The molecule has 0 aromatic heterocycles. The summed E-state index contributed by atoms with van der Waals surface area (Å²) in [6.45, 7) is 6.48. The summed E-state index contributed by atoms with van der Waals surface area (Å²) >= 11 is 0. The third-order valence-corrected chi connectivity index (χ3v) is 4.75. The maximum Gasteiger partial charge on any atom is 0.241 e. The highest BCUT2D eigenvalue weighted by molar-refractivity contribution is 5.85. The van der Waals surface area contributed by atoms with Gasteiger partial charge < -0.3 is 4.90 Å². The molecule has 2 fully saturated rings. The van der Waals surface area contributed by atoms with Crippen molar-refractivity contribution in [1.29, 1.82) is 0 Å². The molecule has 3 rings (SSSR count). The second-order valence-corrected chi connectivity index (χ2v) is 6.92. The van der Waals surface area contributed by atoms with Crippen LogP contribution in [0.2, 0.25) is 0 Å². The maximum atomic E-state index is 13.1. The summed E-state index contributed by atoms with van der Waals surface area (Å²) in [6.07, 6.45) is 2.74. The van der Waals surface area contributed by atoms with E-state index in [1.54, 1.807) is 12.1 Å². The number of benzene rings is 1. The van der Waals surface area contributed by atoms with Crippen LogP contribution in [0.5, 0.6) is 0 Å². The predicted octanol–water partition coefficient (Wildman–Crippen LogP) is 3.22. The Labute approximate surface area is 125 Å². The molecule has 1 N–H and O–H groups in total. The van der Waals surface area contributed by atoms with E-state index in [0.29, 0.717) is 0 Å². The number of nitrogens with one attached hydrogen (secondary N) is 1. The summed E-state index contributed by atoms with van der Waals surface area (Å²) in [6, 6.07) is 6.65. The fourth-order valence-corrected chi connectivity index (χ4v) is 3.29. The van der Waals surface area contributed by atoms with E-state index >= 15 is 0 Å². The summed E-state index contributed by atoms with van der Waals surface area (Å²) in [5.74, 6) is -0.0479. The molecule has 3 nitrogen and oxygen atoms in total. The van der Waals surface area contributed by atoms with Crippen LogP contribution in [0.4, 0.5) is 4.39 Å². The van der Waals surface area contributed by atoms with Crippen molar-refractivity contribution in [2.75, 3.05) is 0 Å². The molecule has 1 saturated heterocycles. The fourth-order valence-electron chi connectivity index (χ4n) is 3.29. The van der Waals surface area contributed by atoms with Gasteiger partial charge in [0, 0.05) is 6.04 Å². The van der Waals surface area contributed by atoms with Gasteiger partial charge in [-0.15, -0.1) is 0 Å². The fraction of sp³-hybridized carbons (Fsp3) is 0.588. The van der Waals surface area contributed by atoms with Gasteiger partial charge in [0.25, 0.3) is 0 Å². The molecule has 1 aliphatic heterocycles. The number of carbonyl (C=O) groups is 1. The van der Waals surface area contributed by atoms with Gasteiger partial charge in [0.05, 0.1) is 6.04 Å².